The van der Waals surface area contributed by atoms with E-state index in [9.17, 15) is 18.4 Å². The number of Topliss-reactive ketones (excluding diaryl/α,β-unsaturated/α-hetero) is 1. The van der Waals surface area contributed by atoms with Gasteiger partial charge < -0.3 is 10.6 Å². The number of carbonyl (C=O) groups is 2. The van der Waals surface area contributed by atoms with Gasteiger partial charge in [-0.25, -0.2) is 8.78 Å². The molecule has 0 saturated heterocycles. The van der Waals surface area contributed by atoms with E-state index in [0.29, 0.717) is 11.3 Å². The highest BCUT2D eigenvalue weighted by molar-refractivity contribution is 5.98. The van der Waals surface area contributed by atoms with Crippen molar-refractivity contribution in [2.45, 2.75) is 6.92 Å². The average Bonchev–Trinajstić information content (AvgIpc) is 2.46. The first-order valence-electron chi connectivity index (χ1n) is 6.55. The van der Waals surface area contributed by atoms with E-state index in [1.807, 2.05) is 0 Å². The monoisotopic (exact) mass is 304 g/mol. The lowest BCUT2D eigenvalue weighted by Gasteiger charge is -2.09. The van der Waals surface area contributed by atoms with Crippen molar-refractivity contribution in [2.24, 2.45) is 0 Å². The smallest absolute Gasteiger partial charge is 0.243 e. The number of anilines is 2. The summed E-state index contributed by atoms with van der Waals surface area (Å²) in [5.41, 5.74) is 0.989. The molecule has 2 aromatic carbocycles. The highest BCUT2D eigenvalue weighted by atomic mass is 19.1. The third-order valence-electron chi connectivity index (χ3n) is 2.92. The predicted molar refractivity (Wildman–Crippen MR) is 79.9 cm³/mol. The summed E-state index contributed by atoms with van der Waals surface area (Å²) in [6, 6.07) is 9.54. The maximum Gasteiger partial charge on any atom is 0.243 e. The van der Waals surface area contributed by atoms with Crippen LogP contribution >= 0.6 is 0 Å². The summed E-state index contributed by atoms with van der Waals surface area (Å²) in [4.78, 5) is 23.1. The number of nitrogens with one attached hydrogen (secondary N) is 2. The summed E-state index contributed by atoms with van der Waals surface area (Å²) in [7, 11) is 0. The van der Waals surface area contributed by atoms with Gasteiger partial charge in [-0.05, 0) is 31.2 Å². The van der Waals surface area contributed by atoms with Crippen molar-refractivity contribution in [1.29, 1.82) is 0 Å². The maximum atomic E-state index is 13.4. The second-order valence-electron chi connectivity index (χ2n) is 4.66. The number of halogens is 2. The normalized spacial score (nSPS) is 10.1. The Morgan fingerprint density at radius 2 is 1.86 bits per heavy atom. The van der Waals surface area contributed by atoms with Gasteiger partial charge in [0, 0.05) is 17.3 Å². The van der Waals surface area contributed by atoms with Crippen LogP contribution in [0.5, 0.6) is 0 Å². The quantitative estimate of drug-likeness (QED) is 0.834. The van der Waals surface area contributed by atoms with Crippen LogP contribution in [0.25, 0.3) is 0 Å². The largest absolute Gasteiger partial charge is 0.374 e. The topological polar surface area (TPSA) is 58.2 Å². The minimum atomic E-state index is -0.772. The van der Waals surface area contributed by atoms with Gasteiger partial charge in [-0.2, -0.15) is 0 Å². The maximum absolute atomic E-state index is 13.4. The van der Waals surface area contributed by atoms with Crippen LogP contribution in [0.2, 0.25) is 0 Å². The predicted octanol–water partition coefficient (Wildman–Crippen LogP) is 3.22. The summed E-state index contributed by atoms with van der Waals surface area (Å²) >= 11 is 0. The summed E-state index contributed by atoms with van der Waals surface area (Å²) in [6.07, 6.45) is 0. The van der Waals surface area contributed by atoms with Gasteiger partial charge in [0.05, 0.1) is 12.2 Å². The molecule has 2 aromatic rings. The third-order valence-corrected chi connectivity index (χ3v) is 2.92. The number of rotatable bonds is 5. The van der Waals surface area contributed by atoms with Crippen LogP contribution in [-0.4, -0.2) is 18.2 Å². The van der Waals surface area contributed by atoms with Gasteiger partial charge in [0.1, 0.15) is 11.6 Å². The molecule has 0 aliphatic heterocycles. The van der Waals surface area contributed by atoms with E-state index >= 15 is 0 Å². The molecule has 0 spiro atoms. The molecule has 4 nitrogen and oxygen atoms in total. The van der Waals surface area contributed by atoms with Crippen molar-refractivity contribution in [1.82, 2.24) is 0 Å². The van der Waals surface area contributed by atoms with Crippen molar-refractivity contribution in [3.63, 3.8) is 0 Å². The van der Waals surface area contributed by atoms with Gasteiger partial charge in [-0.1, -0.05) is 12.1 Å². The van der Waals surface area contributed by atoms with Crippen molar-refractivity contribution in [2.75, 3.05) is 17.2 Å². The lowest BCUT2D eigenvalue weighted by Crippen LogP contribution is -2.22. The van der Waals surface area contributed by atoms with Crippen molar-refractivity contribution < 1.29 is 18.4 Å². The van der Waals surface area contributed by atoms with E-state index < -0.39 is 17.5 Å². The molecule has 0 radical (unpaired) electrons. The summed E-state index contributed by atoms with van der Waals surface area (Å²) in [5, 5.41) is 5.16. The van der Waals surface area contributed by atoms with E-state index in [1.165, 1.54) is 13.0 Å². The Bertz CT molecular complexity index is 717. The molecular weight excluding hydrogens is 290 g/mol. The Labute approximate surface area is 126 Å². The van der Waals surface area contributed by atoms with Gasteiger partial charge in [-0.3, -0.25) is 9.59 Å². The molecule has 0 aromatic heterocycles. The molecule has 0 bridgehead atoms. The Morgan fingerprint density at radius 1 is 1.09 bits per heavy atom. The molecule has 0 aliphatic rings. The molecule has 2 rings (SSSR count). The lowest BCUT2D eigenvalue weighted by molar-refractivity contribution is -0.114. The highest BCUT2D eigenvalue weighted by Crippen LogP contribution is 2.15. The van der Waals surface area contributed by atoms with Crippen LogP contribution in [0, 0.1) is 11.6 Å². The standard InChI is InChI=1S/C16H14F2N2O2/c1-10(21)11-3-2-4-13(7-11)20-16(22)9-19-15-6-5-12(17)8-14(15)18/h2-8,19H,9H2,1H3,(H,20,22). The minimum Gasteiger partial charge on any atom is -0.374 e. The molecule has 114 valence electrons. The fourth-order valence-corrected chi connectivity index (χ4v) is 1.83. The number of ketones is 1. The molecule has 6 heteroatoms. The SMILES string of the molecule is CC(=O)c1cccc(NC(=O)CNc2ccc(F)cc2F)c1. The summed E-state index contributed by atoms with van der Waals surface area (Å²) in [6.45, 7) is 1.24. The third kappa shape index (κ3) is 4.12. The average molecular weight is 304 g/mol. The van der Waals surface area contributed by atoms with Gasteiger partial charge in [0.2, 0.25) is 5.91 Å². The first kappa shape index (κ1) is 15.6. The van der Waals surface area contributed by atoms with Crippen LogP contribution in [0.1, 0.15) is 17.3 Å². The van der Waals surface area contributed by atoms with Gasteiger partial charge in [0.15, 0.2) is 5.78 Å². The number of carbonyl (C=O) groups excluding carboxylic acids is 2. The van der Waals surface area contributed by atoms with Crippen molar-refractivity contribution >= 4 is 23.1 Å². The van der Waals surface area contributed by atoms with Gasteiger partial charge >= 0.3 is 0 Å². The molecule has 0 fully saturated rings. The molecular formula is C16H14F2N2O2. The van der Waals surface area contributed by atoms with Gasteiger partial charge in [0.25, 0.3) is 0 Å². The van der Waals surface area contributed by atoms with Crippen LogP contribution in [0.4, 0.5) is 20.2 Å². The first-order chi connectivity index (χ1) is 10.5. The van der Waals surface area contributed by atoms with E-state index in [0.717, 1.165) is 12.1 Å². The molecule has 22 heavy (non-hydrogen) atoms. The van der Waals surface area contributed by atoms with Gasteiger partial charge in [-0.15, -0.1) is 0 Å². The lowest BCUT2D eigenvalue weighted by atomic mass is 10.1. The zero-order chi connectivity index (χ0) is 16.1. The minimum absolute atomic E-state index is 0.0361. The molecule has 2 N–H and O–H groups in total. The van der Waals surface area contributed by atoms with Crippen LogP contribution < -0.4 is 10.6 Å². The van der Waals surface area contributed by atoms with Crippen molar-refractivity contribution in [3.8, 4) is 0 Å². The molecule has 0 heterocycles. The number of hydrogen-bond acceptors (Lipinski definition) is 3. The summed E-state index contributed by atoms with van der Waals surface area (Å²) in [5.74, 6) is -1.98. The Hall–Kier alpha value is -2.76. The molecule has 0 atom stereocenters. The highest BCUT2D eigenvalue weighted by Gasteiger charge is 2.07. The Balaban J connectivity index is 1.95. The molecule has 0 aliphatic carbocycles. The molecule has 0 saturated carbocycles. The number of benzene rings is 2. The second-order valence-corrected chi connectivity index (χ2v) is 4.66. The first-order valence-corrected chi connectivity index (χ1v) is 6.55. The van der Waals surface area contributed by atoms with Crippen LogP contribution in [0.3, 0.4) is 0 Å². The van der Waals surface area contributed by atoms with Crippen LogP contribution in [-0.2, 0) is 4.79 Å². The van der Waals surface area contributed by atoms with E-state index in [1.54, 1.807) is 24.3 Å². The molecule has 0 unspecified atom stereocenters. The number of hydrogen-bond donors (Lipinski definition) is 2. The fourth-order valence-electron chi connectivity index (χ4n) is 1.83. The zero-order valence-electron chi connectivity index (χ0n) is 11.8. The van der Waals surface area contributed by atoms with E-state index in [4.69, 9.17) is 0 Å². The second kappa shape index (κ2) is 6.80. The molecule has 1 amide bonds. The van der Waals surface area contributed by atoms with E-state index in [2.05, 4.69) is 10.6 Å². The zero-order valence-corrected chi connectivity index (χ0v) is 11.8. The Kier molecular flexibility index (Phi) is 4.83. The van der Waals surface area contributed by atoms with Crippen molar-refractivity contribution in [3.05, 3.63) is 59.7 Å². The van der Waals surface area contributed by atoms with E-state index in [-0.39, 0.29) is 18.0 Å². The summed E-state index contributed by atoms with van der Waals surface area (Å²) < 4.78 is 26.2. The fraction of sp³-hybridized carbons (Fsp3) is 0.125. The Morgan fingerprint density at radius 3 is 2.55 bits per heavy atom. The number of amides is 1. The van der Waals surface area contributed by atoms with Crippen LogP contribution in [0.15, 0.2) is 42.5 Å².